The minimum atomic E-state index is -2.22. The van der Waals surface area contributed by atoms with Gasteiger partial charge in [-0.2, -0.15) is 17.6 Å². The van der Waals surface area contributed by atoms with Crippen LogP contribution in [0.2, 0.25) is 0 Å². The first-order valence-electron chi connectivity index (χ1n) is 6.90. The van der Waals surface area contributed by atoms with E-state index < -0.39 is 80.9 Å². The van der Waals surface area contributed by atoms with Crippen LogP contribution in [0.15, 0.2) is 4.42 Å². The van der Waals surface area contributed by atoms with E-state index in [9.17, 15) is 35.1 Å². The maximum Gasteiger partial charge on any atom is 0.254 e. The SMILES string of the molecule is COc1c(F)c(F)c(-c2nnc(-c3c(F)c(F)c(O)c(F)c3F)o2)c(F)c1F.[CH3-].[Y]. The predicted molar refractivity (Wildman–Crippen MR) is 79.5 cm³/mol. The van der Waals surface area contributed by atoms with Gasteiger partial charge in [0.15, 0.2) is 34.8 Å². The summed E-state index contributed by atoms with van der Waals surface area (Å²) in [7, 11) is 0.727. The third-order valence-electron chi connectivity index (χ3n) is 3.52. The molecule has 0 aliphatic rings. The second-order valence-corrected chi connectivity index (χ2v) is 5.06. The second kappa shape index (κ2) is 9.25. The summed E-state index contributed by atoms with van der Waals surface area (Å²) in [5.74, 6) is -22.8. The van der Waals surface area contributed by atoms with E-state index in [0.29, 0.717) is 0 Å². The summed E-state index contributed by atoms with van der Waals surface area (Å²) in [4.78, 5) is 0. The van der Waals surface area contributed by atoms with Crippen molar-refractivity contribution in [1.82, 2.24) is 10.2 Å². The van der Waals surface area contributed by atoms with Crippen molar-refractivity contribution in [3.8, 4) is 34.4 Å². The van der Waals surface area contributed by atoms with Crippen LogP contribution in [0.3, 0.4) is 0 Å². The molecule has 0 unspecified atom stereocenters. The van der Waals surface area contributed by atoms with Gasteiger partial charge in [0.25, 0.3) is 11.8 Å². The molecule has 3 aromatic rings. The van der Waals surface area contributed by atoms with Gasteiger partial charge in [0.1, 0.15) is 11.1 Å². The number of nitrogens with zero attached hydrogens (tertiary/aromatic N) is 2. The number of methoxy groups -OCH3 is 1. The van der Waals surface area contributed by atoms with Crippen molar-refractivity contribution in [3.63, 3.8) is 0 Å². The first-order chi connectivity index (χ1) is 13.1. The molecular formula is C16H7F8N2O3Y-. The first-order valence-corrected chi connectivity index (χ1v) is 6.90. The summed E-state index contributed by atoms with van der Waals surface area (Å²) in [6.45, 7) is 0. The Bertz CT molecular complexity index is 1060. The molecular weight excluding hydrogens is 509 g/mol. The van der Waals surface area contributed by atoms with Crippen LogP contribution < -0.4 is 4.74 Å². The monoisotopic (exact) mass is 516 g/mol. The molecule has 0 aliphatic heterocycles. The molecule has 5 nitrogen and oxygen atoms in total. The van der Waals surface area contributed by atoms with Crippen LogP contribution in [-0.4, -0.2) is 22.4 Å². The van der Waals surface area contributed by atoms with E-state index in [0.717, 1.165) is 7.11 Å². The Labute approximate surface area is 187 Å². The van der Waals surface area contributed by atoms with Crippen molar-refractivity contribution >= 4 is 0 Å². The van der Waals surface area contributed by atoms with Crippen molar-refractivity contribution in [2.24, 2.45) is 0 Å². The minimum absolute atomic E-state index is 0. The second-order valence-electron chi connectivity index (χ2n) is 5.06. The molecule has 0 spiro atoms. The van der Waals surface area contributed by atoms with E-state index in [2.05, 4.69) is 19.4 Å². The summed E-state index contributed by atoms with van der Waals surface area (Å²) in [6, 6.07) is 0. The normalized spacial score (nSPS) is 10.4. The Kier molecular flexibility index (Phi) is 7.94. The maximum atomic E-state index is 14.0. The molecule has 0 amide bonds. The molecule has 1 heterocycles. The van der Waals surface area contributed by atoms with E-state index in [1.54, 1.807) is 0 Å². The van der Waals surface area contributed by atoms with Gasteiger partial charge in [-0.1, -0.05) is 0 Å². The number of hydrogen-bond acceptors (Lipinski definition) is 5. The molecule has 30 heavy (non-hydrogen) atoms. The molecule has 14 heteroatoms. The van der Waals surface area contributed by atoms with Gasteiger partial charge < -0.3 is 21.7 Å². The number of benzene rings is 2. The number of hydrogen-bond donors (Lipinski definition) is 1. The van der Waals surface area contributed by atoms with Gasteiger partial charge in [-0.15, -0.1) is 10.2 Å². The third kappa shape index (κ3) is 3.75. The summed E-state index contributed by atoms with van der Waals surface area (Å²) in [6.07, 6.45) is 0. The Hall–Kier alpha value is -2.28. The van der Waals surface area contributed by atoms with E-state index in [-0.39, 0.29) is 40.1 Å². The van der Waals surface area contributed by atoms with Crippen LogP contribution in [0.1, 0.15) is 0 Å². The standard InChI is InChI=1S/C15H4F8N2O3.CH3.Y/c1-27-13-10(22)6(18)3(7(19)11(13)23)15-25-24-14(28-15)2-4(16)8(20)12(26)9(21)5(2)17;;/h26H,1H3;1H3;/q;-1;. The molecule has 0 saturated heterocycles. The smallest absolute Gasteiger partial charge is 0.254 e. The van der Waals surface area contributed by atoms with Gasteiger partial charge in [-0.05, 0) is 0 Å². The van der Waals surface area contributed by atoms with Crippen LogP contribution in [0, 0.1) is 54.0 Å². The minimum Gasteiger partial charge on any atom is -0.503 e. The van der Waals surface area contributed by atoms with E-state index in [1.165, 1.54) is 0 Å². The molecule has 1 radical (unpaired) electrons. The van der Waals surface area contributed by atoms with E-state index in [4.69, 9.17) is 5.11 Å². The number of halogens is 8. The van der Waals surface area contributed by atoms with Gasteiger partial charge in [0, 0.05) is 32.7 Å². The molecule has 1 N–H and O–H groups in total. The summed E-state index contributed by atoms with van der Waals surface area (Å²) < 4.78 is 119. The fourth-order valence-corrected chi connectivity index (χ4v) is 2.21. The van der Waals surface area contributed by atoms with Crippen LogP contribution in [-0.2, 0) is 32.7 Å². The fraction of sp³-hybridized carbons (Fsp3) is 0.0625. The zero-order chi connectivity index (χ0) is 20.9. The number of aromatic hydroxyl groups is 1. The molecule has 0 atom stereocenters. The quantitative estimate of drug-likeness (QED) is 0.311. The average Bonchev–Trinajstić information content (AvgIpc) is 3.13. The van der Waals surface area contributed by atoms with Crippen LogP contribution in [0.25, 0.3) is 22.9 Å². The van der Waals surface area contributed by atoms with Gasteiger partial charge in [-0.3, -0.25) is 0 Å². The zero-order valence-electron chi connectivity index (χ0n) is 14.8. The number of aromatic nitrogens is 2. The number of phenols is 1. The van der Waals surface area contributed by atoms with Gasteiger partial charge in [0.2, 0.25) is 23.3 Å². The Morgan fingerprint density at radius 2 is 1.00 bits per heavy atom. The van der Waals surface area contributed by atoms with Crippen molar-refractivity contribution in [2.75, 3.05) is 7.11 Å². The van der Waals surface area contributed by atoms with E-state index in [1.807, 2.05) is 0 Å². The molecule has 0 fully saturated rings. The van der Waals surface area contributed by atoms with Gasteiger partial charge in [0.05, 0.1) is 7.11 Å². The molecule has 0 saturated carbocycles. The topological polar surface area (TPSA) is 68.4 Å². The number of ether oxygens (including phenoxy) is 1. The summed E-state index contributed by atoms with van der Waals surface area (Å²) in [5, 5.41) is 14.8. The van der Waals surface area contributed by atoms with Crippen molar-refractivity contribution < 1.29 is 82.1 Å². The van der Waals surface area contributed by atoms with E-state index >= 15 is 0 Å². The zero-order valence-corrected chi connectivity index (χ0v) is 17.6. The fourth-order valence-electron chi connectivity index (χ4n) is 2.21. The average molecular weight is 516 g/mol. The Morgan fingerprint density at radius 1 is 0.667 bits per heavy atom. The summed E-state index contributed by atoms with van der Waals surface area (Å²) in [5.41, 5.74) is -3.18. The van der Waals surface area contributed by atoms with Crippen molar-refractivity contribution in [3.05, 3.63) is 54.0 Å². The molecule has 1 aromatic heterocycles. The molecule has 2 aromatic carbocycles. The molecule has 0 bridgehead atoms. The van der Waals surface area contributed by atoms with Crippen LogP contribution >= 0.6 is 0 Å². The number of phenolic OH excluding ortho intramolecular Hbond substituents is 1. The first kappa shape index (κ1) is 25.8. The van der Waals surface area contributed by atoms with Gasteiger partial charge >= 0.3 is 0 Å². The molecule has 0 aliphatic carbocycles. The third-order valence-corrected chi connectivity index (χ3v) is 3.52. The van der Waals surface area contributed by atoms with Crippen molar-refractivity contribution in [2.45, 2.75) is 0 Å². The van der Waals surface area contributed by atoms with Crippen molar-refractivity contribution in [1.29, 1.82) is 0 Å². The predicted octanol–water partition coefficient (Wildman–Crippen LogP) is 4.68. The maximum absolute atomic E-state index is 14.0. The molecule has 3 rings (SSSR count). The largest absolute Gasteiger partial charge is 0.503 e. The van der Waals surface area contributed by atoms with Crippen LogP contribution in [0.4, 0.5) is 35.1 Å². The summed E-state index contributed by atoms with van der Waals surface area (Å²) >= 11 is 0. The molecule has 159 valence electrons. The Balaban J connectivity index is 0.00000225. The number of rotatable bonds is 3. The van der Waals surface area contributed by atoms with Crippen LogP contribution in [0.5, 0.6) is 11.5 Å². The van der Waals surface area contributed by atoms with Gasteiger partial charge in [-0.25, -0.2) is 17.6 Å². The Morgan fingerprint density at radius 3 is 1.33 bits per heavy atom.